The number of aryl methyl sites for hydroxylation is 1. The summed E-state index contributed by atoms with van der Waals surface area (Å²) in [6.45, 7) is 12.8. The van der Waals surface area contributed by atoms with Crippen LogP contribution in [-0.4, -0.2) is 45.5 Å². The van der Waals surface area contributed by atoms with Crippen LogP contribution in [0.1, 0.15) is 31.0 Å². The zero-order valence-corrected chi connectivity index (χ0v) is 15.8. The standard InChI is InChI=1S/C20H27N5O/c1-13(2)12-25-9-7-17(8-10-25)23-18-6-5-16(11-21-18)19-22-15(4)14(3)20(26)24-19/h5-6,11,17H,1,7-10,12H2,2-4H3,(H,21,23)(H,22,24,26). The Morgan fingerprint density at radius 2 is 2.08 bits per heavy atom. The molecular weight excluding hydrogens is 326 g/mol. The van der Waals surface area contributed by atoms with Crippen molar-refractivity contribution in [1.29, 1.82) is 0 Å². The normalized spacial score (nSPS) is 15.8. The zero-order valence-electron chi connectivity index (χ0n) is 15.8. The average molecular weight is 353 g/mol. The van der Waals surface area contributed by atoms with Gasteiger partial charge in [-0.15, -0.1) is 0 Å². The van der Waals surface area contributed by atoms with Crippen LogP contribution in [0.5, 0.6) is 0 Å². The van der Waals surface area contributed by atoms with Gasteiger partial charge in [-0.3, -0.25) is 9.69 Å². The van der Waals surface area contributed by atoms with Gasteiger partial charge in [0.1, 0.15) is 11.6 Å². The molecule has 1 fully saturated rings. The minimum atomic E-state index is -0.101. The summed E-state index contributed by atoms with van der Waals surface area (Å²) in [7, 11) is 0. The Morgan fingerprint density at radius 3 is 2.65 bits per heavy atom. The van der Waals surface area contributed by atoms with E-state index >= 15 is 0 Å². The van der Waals surface area contributed by atoms with Crippen molar-refractivity contribution in [2.75, 3.05) is 25.0 Å². The van der Waals surface area contributed by atoms with Crippen LogP contribution in [0, 0.1) is 13.8 Å². The topological polar surface area (TPSA) is 73.9 Å². The number of aromatic nitrogens is 3. The van der Waals surface area contributed by atoms with E-state index in [0.29, 0.717) is 17.4 Å². The maximum Gasteiger partial charge on any atom is 0.254 e. The number of anilines is 1. The van der Waals surface area contributed by atoms with Crippen molar-refractivity contribution in [3.8, 4) is 11.4 Å². The summed E-state index contributed by atoms with van der Waals surface area (Å²) in [5.74, 6) is 1.42. The number of pyridine rings is 1. The molecule has 0 aliphatic carbocycles. The van der Waals surface area contributed by atoms with E-state index < -0.39 is 0 Å². The second-order valence-electron chi connectivity index (χ2n) is 7.21. The summed E-state index contributed by atoms with van der Waals surface area (Å²) in [5.41, 5.74) is 3.32. The van der Waals surface area contributed by atoms with E-state index in [0.717, 1.165) is 49.6 Å². The van der Waals surface area contributed by atoms with Crippen LogP contribution in [0.3, 0.4) is 0 Å². The van der Waals surface area contributed by atoms with Crippen molar-refractivity contribution in [2.45, 2.75) is 39.7 Å². The molecule has 138 valence electrons. The van der Waals surface area contributed by atoms with Gasteiger partial charge in [0.25, 0.3) is 5.56 Å². The Kier molecular flexibility index (Phi) is 5.52. The monoisotopic (exact) mass is 353 g/mol. The number of likely N-dealkylation sites (tertiary alicyclic amines) is 1. The predicted molar refractivity (Wildman–Crippen MR) is 105 cm³/mol. The molecule has 1 aliphatic rings. The Balaban J connectivity index is 1.62. The first-order valence-corrected chi connectivity index (χ1v) is 9.09. The summed E-state index contributed by atoms with van der Waals surface area (Å²) in [6, 6.07) is 4.33. The smallest absolute Gasteiger partial charge is 0.254 e. The molecule has 6 heteroatoms. The Hall–Kier alpha value is -2.47. The molecule has 3 heterocycles. The van der Waals surface area contributed by atoms with Gasteiger partial charge in [-0.1, -0.05) is 12.2 Å². The predicted octanol–water partition coefficient (Wildman–Crippen LogP) is 2.90. The lowest BCUT2D eigenvalue weighted by Gasteiger charge is -2.32. The quantitative estimate of drug-likeness (QED) is 0.809. The van der Waals surface area contributed by atoms with Gasteiger partial charge in [0, 0.05) is 48.7 Å². The van der Waals surface area contributed by atoms with E-state index in [1.807, 2.05) is 19.1 Å². The number of H-pyrrole nitrogens is 1. The Bertz CT molecular complexity index is 832. The van der Waals surface area contributed by atoms with Gasteiger partial charge in [0.05, 0.1) is 0 Å². The fourth-order valence-corrected chi connectivity index (χ4v) is 3.23. The van der Waals surface area contributed by atoms with E-state index in [-0.39, 0.29) is 5.56 Å². The molecule has 2 N–H and O–H groups in total. The van der Waals surface area contributed by atoms with Gasteiger partial charge in [-0.2, -0.15) is 0 Å². The van der Waals surface area contributed by atoms with Crippen molar-refractivity contribution >= 4 is 5.82 Å². The minimum Gasteiger partial charge on any atom is -0.367 e. The summed E-state index contributed by atoms with van der Waals surface area (Å²) < 4.78 is 0. The molecule has 0 unspecified atom stereocenters. The zero-order chi connectivity index (χ0) is 18.7. The van der Waals surface area contributed by atoms with Crippen LogP contribution in [0.4, 0.5) is 5.82 Å². The third kappa shape index (κ3) is 4.38. The van der Waals surface area contributed by atoms with E-state index in [1.165, 1.54) is 5.57 Å². The summed E-state index contributed by atoms with van der Waals surface area (Å²) >= 11 is 0. The van der Waals surface area contributed by atoms with Crippen LogP contribution in [0.25, 0.3) is 11.4 Å². The van der Waals surface area contributed by atoms with Crippen molar-refractivity contribution in [1.82, 2.24) is 19.9 Å². The van der Waals surface area contributed by atoms with E-state index in [4.69, 9.17) is 0 Å². The molecule has 6 nitrogen and oxygen atoms in total. The first kappa shape index (κ1) is 18.3. The van der Waals surface area contributed by atoms with Gasteiger partial charge in [0.15, 0.2) is 0 Å². The Labute approximate surface area is 154 Å². The molecule has 1 aliphatic heterocycles. The summed E-state index contributed by atoms with van der Waals surface area (Å²) in [5, 5.41) is 3.51. The highest BCUT2D eigenvalue weighted by Gasteiger charge is 2.19. The first-order valence-electron chi connectivity index (χ1n) is 9.09. The highest BCUT2D eigenvalue weighted by Crippen LogP contribution is 2.19. The summed E-state index contributed by atoms with van der Waals surface area (Å²) in [6.07, 6.45) is 3.96. The molecule has 1 saturated heterocycles. The Morgan fingerprint density at radius 1 is 1.35 bits per heavy atom. The molecule has 0 atom stereocenters. The van der Waals surface area contributed by atoms with Crippen molar-refractivity contribution in [3.63, 3.8) is 0 Å². The van der Waals surface area contributed by atoms with Gasteiger partial charge in [-0.25, -0.2) is 9.97 Å². The van der Waals surface area contributed by atoms with Crippen molar-refractivity contribution in [3.05, 3.63) is 52.1 Å². The fourth-order valence-electron chi connectivity index (χ4n) is 3.23. The molecule has 0 aromatic carbocycles. The van der Waals surface area contributed by atoms with Crippen molar-refractivity contribution < 1.29 is 0 Å². The molecule has 26 heavy (non-hydrogen) atoms. The van der Waals surface area contributed by atoms with Gasteiger partial charge in [0.2, 0.25) is 0 Å². The number of nitrogens with zero attached hydrogens (tertiary/aromatic N) is 3. The maximum atomic E-state index is 11.9. The first-order chi connectivity index (χ1) is 12.4. The molecule has 0 amide bonds. The highest BCUT2D eigenvalue weighted by atomic mass is 16.1. The molecule has 0 bridgehead atoms. The highest BCUT2D eigenvalue weighted by molar-refractivity contribution is 5.56. The number of hydrogen-bond donors (Lipinski definition) is 2. The molecule has 2 aromatic heterocycles. The molecule has 0 radical (unpaired) electrons. The van der Waals surface area contributed by atoms with Gasteiger partial charge < -0.3 is 10.3 Å². The maximum absolute atomic E-state index is 11.9. The van der Waals surface area contributed by atoms with Crippen LogP contribution in [0.15, 0.2) is 35.3 Å². The van der Waals surface area contributed by atoms with E-state index in [9.17, 15) is 4.79 Å². The minimum absolute atomic E-state index is 0.101. The molecule has 3 rings (SSSR count). The third-order valence-electron chi connectivity index (χ3n) is 4.86. The fraction of sp³-hybridized carbons (Fsp3) is 0.450. The number of hydrogen-bond acceptors (Lipinski definition) is 5. The van der Waals surface area contributed by atoms with Crippen LogP contribution in [0.2, 0.25) is 0 Å². The number of piperidine rings is 1. The van der Waals surface area contributed by atoms with Gasteiger partial charge >= 0.3 is 0 Å². The van der Waals surface area contributed by atoms with E-state index in [1.54, 1.807) is 13.1 Å². The lowest BCUT2D eigenvalue weighted by Crippen LogP contribution is -2.39. The van der Waals surface area contributed by atoms with Gasteiger partial charge in [-0.05, 0) is 45.7 Å². The molecular formula is C20H27N5O. The van der Waals surface area contributed by atoms with Crippen LogP contribution < -0.4 is 10.9 Å². The number of aromatic amines is 1. The second kappa shape index (κ2) is 7.83. The second-order valence-corrected chi connectivity index (χ2v) is 7.21. The number of nitrogens with one attached hydrogen (secondary N) is 2. The van der Waals surface area contributed by atoms with Crippen LogP contribution in [-0.2, 0) is 0 Å². The molecule has 0 spiro atoms. The largest absolute Gasteiger partial charge is 0.367 e. The molecule has 0 saturated carbocycles. The van der Waals surface area contributed by atoms with Crippen LogP contribution >= 0.6 is 0 Å². The summed E-state index contributed by atoms with van der Waals surface area (Å²) in [4.78, 5) is 26.1. The average Bonchev–Trinajstić information content (AvgIpc) is 2.61. The SMILES string of the molecule is C=C(C)CN1CCC(Nc2ccc(-c3nc(C)c(C)c(=O)[nH]3)cn2)CC1. The number of rotatable bonds is 5. The lowest BCUT2D eigenvalue weighted by molar-refractivity contribution is 0.235. The van der Waals surface area contributed by atoms with E-state index in [2.05, 4.69) is 38.7 Å². The third-order valence-corrected chi connectivity index (χ3v) is 4.86. The van der Waals surface area contributed by atoms with Crippen molar-refractivity contribution in [2.24, 2.45) is 0 Å². The lowest BCUT2D eigenvalue weighted by atomic mass is 10.0. The molecule has 2 aromatic rings.